The third kappa shape index (κ3) is 20.0. The number of anilines is 2. The number of halogens is 7. The van der Waals surface area contributed by atoms with Gasteiger partial charge in [-0.05, 0) is 152 Å². The quantitative estimate of drug-likeness (QED) is 0.152. The molecule has 25 heteroatoms. The molecule has 0 bridgehead atoms. The summed E-state index contributed by atoms with van der Waals surface area (Å²) < 4.78 is 40.2. The molecule has 0 aliphatic carbocycles. The Bertz CT molecular complexity index is 4150. The number of hydrogen-bond acceptors (Lipinski definition) is 14. The van der Waals surface area contributed by atoms with E-state index in [0.29, 0.717) is 113 Å². The number of fused-ring (bicyclic) bond motifs is 3. The lowest BCUT2D eigenvalue weighted by Gasteiger charge is -2.40. The van der Waals surface area contributed by atoms with Crippen LogP contribution in [0.1, 0.15) is 99.3 Å². The number of piperazine rings is 3. The number of aromatic nitrogens is 6. The fourth-order valence-corrected chi connectivity index (χ4v) is 12.9. The van der Waals surface area contributed by atoms with Gasteiger partial charge in [-0.1, -0.05) is 108 Å². The molecule has 7 heterocycles. The fraction of sp³-hybridized carbons (Fsp3) is 0.370. The van der Waals surface area contributed by atoms with Crippen molar-refractivity contribution in [3.63, 3.8) is 0 Å². The summed E-state index contributed by atoms with van der Waals surface area (Å²) in [6.45, 7) is 25.4. The number of amides is 4. The van der Waals surface area contributed by atoms with E-state index in [1.165, 1.54) is 42.5 Å². The normalized spacial score (nSPS) is 16.9. The van der Waals surface area contributed by atoms with E-state index in [0.717, 1.165) is 56.5 Å². The van der Waals surface area contributed by atoms with Crippen molar-refractivity contribution in [3.05, 3.63) is 200 Å². The molecule has 1 N–H and O–H groups in total. The Morgan fingerprint density at radius 1 is 0.490 bits per heavy atom. The molecule has 18 nitrogen and oxygen atoms in total. The van der Waals surface area contributed by atoms with Gasteiger partial charge in [0, 0.05) is 158 Å². The number of carbonyl (C=O) groups is 4. The highest BCUT2D eigenvalue weighted by atomic mass is 35.5. The number of nitrogens with one attached hydrogen (secondary N) is 1. The van der Waals surface area contributed by atoms with Crippen LogP contribution in [0.15, 0.2) is 146 Å². The van der Waals surface area contributed by atoms with Crippen LogP contribution < -0.4 is 15.1 Å². The maximum atomic E-state index is 13.8. The lowest BCUT2D eigenvalue weighted by atomic mass is 10.1. The van der Waals surface area contributed by atoms with Crippen LogP contribution in [-0.4, -0.2) is 188 Å². The van der Waals surface area contributed by atoms with Gasteiger partial charge in [-0.25, -0.2) is 13.2 Å². The first-order chi connectivity index (χ1) is 46.9. The Balaban J connectivity index is 0.000000160. The molecule has 0 spiro atoms. The van der Waals surface area contributed by atoms with Crippen molar-refractivity contribution in [3.8, 4) is 0 Å². The standard InChI is InChI=1S/2C20H18ClFN4O.C12H16N2O.C8H3Cl2FN2.C8H19N.C5H9NO/c1-13-12-25(20(27)14-5-3-2-4-6-14)9-10-26(13)19-16-8-7-15(22)11-17(16)18(21)23-24-19;1-13-12-25(20(27)14-5-3-2-4-6-14)9-10-26(13)19-17-11-15(22)7-8-16(17)18(21)23-24-19;1-10-9-14(8-7-13-10)12(15)11-5-3-2-4-6-11;9-7-5-2-1-4(11)3-6(5)8(10)13-12-7;1-6-9(7(2)3)8(4)5;1-6-4-2-3-5(6)7/h2*2-8,11,13H,9-10,12H2,1H3;2-6,10,13H,7-9H2,1H3;1-3H;7-8H,6H2,1-5H3;2-4H2,1H3/t2*13-;10-;;;/m111.../s1. The molecule has 0 radical (unpaired) electrons. The Morgan fingerprint density at radius 3 is 1.21 bits per heavy atom. The average molecular weight is 1420 g/mol. The van der Waals surface area contributed by atoms with Crippen molar-refractivity contribution in [2.75, 3.05) is 88.8 Å². The molecule has 0 unspecified atom stereocenters. The van der Waals surface area contributed by atoms with Gasteiger partial charge >= 0.3 is 0 Å². The second-order valence-corrected chi connectivity index (χ2v) is 26.1. The lowest BCUT2D eigenvalue weighted by molar-refractivity contribution is -0.126. The molecule has 3 atom stereocenters. The summed E-state index contributed by atoms with van der Waals surface area (Å²) in [5.41, 5.74) is 2.15. The summed E-state index contributed by atoms with van der Waals surface area (Å²) in [6, 6.07) is 42.7. The van der Waals surface area contributed by atoms with E-state index in [1.54, 1.807) is 17.0 Å². The Labute approximate surface area is 591 Å². The van der Waals surface area contributed by atoms with Crippen molar-refractivity contribution < 1.29 is 32.3 Å². The number of hydrogen-bond donors (Lipinski definition) is 1. The zero-order valence-corrected chi connectivity index (χ0v) is 59.6. The third-order valence-corrected chi connectivity index (χ3v) is 18.2. The van der Waals surface area contributed by atoms with Gasteiger partial charge in [0.25, 0.3) is 17.7 Å². The van der Waals surface area contributed by atoms with Crippen LogP contribution in [-0.2, 0) is 4.79 Å². The first-order valence-electron chi connectivity index (χ1n) is 32.7. The molecule has 6 aromatic carbocycles. The number of carbonyl (C=O) groups excluding carboxylic acids is 4. The van der Waals surface area contributed by atoms with Crippen LogP contribution in [0.5, 0.6) is 0 Å². The minimum Gasteiger partial charge on any atom is -0.348 e. The van der Waals surface area contributed by atoms with Gasteiger partial charge in [0.15, 0.2) is 32.2 Å². The average Bonchev–Trinajstić information content (AvgIpc) is 0.963. The summed E-state index contributed by atoms with van der Waals surface area (Å²) in [4.78, 5) is 61.9. The van der Waals surface area contributed by atoms with Crippen LogP contribution >= 0.6 is 46.4 Å². The highest BCUT2D eigenvalue weighted by Gasteiger charge is 2.32. The third-order valence-electron chi connectivity index (χ3n) is 17.1. The molecule has 4 amide bonds. The predicted octanol–water partition coefficient (Wildman–Crippen LogP) is 14.1. The molecule has 4 aliphatic heterocycles. The van der Waals surface area contributed by atoms with E-state index in [1.807, 2.05) is 127 Å². The number of likely N-dealkylation sites (tertiary alicyclic amines) is 1. The highest BCUT2D eigenvalue weighted by Crippen LogP contribution is 2.34. The van der Waals surface area contributed by atoms with Crippen molar-refractivity contribution in [1.29, 1.82) is 0 Å². The molecule has 9 aromatic rings. The molecule has 518 valence electrons. The maximum Gasteiger partial charge on any atom is 0.253 e. The van der Waals surface area contributed by atoms with Crippen molar-refractivity contribution in [2.24, 2.45) is 0 Å². The molecular weight excluding hydrogens is 1340 g/mol. The first-order valence-corrected chi connectivity index (χ1v) is 34.2. The molecule has 4 fully saturated rings. The topological polar surface area (TPSA) is 180 Å². The maximum absolute atomic E-state index is 13.8. The van der Waals surface area contributed by atoms with Crippen molar-refractivity contribution >= 4 is 114 Å². The second-order valence-electron chi connectivity index (χ2n) is 24.7. The van der Waals surface area contributed by atoms with Crippen LogP contribution in [0.2, 0.25) is 20.6 Å². The second kappa shape index (κ2) is 36.0. The zero-order chi connectivity index (χ0) is 70.7. The molecule has 0 saturated carbocycles. The summed E-state index contributed by atoms with van der Waals surface area (Å²) in [5.74, 6) is 0.633. The number of rotatable bonds is 8. The monoisotopic (exact) mass is 1420 g/mol. The minimum atomic E-state index is -0.376. The Hall–Kier alpha value is -8.31. The molecule has 3 aromatic heterocycles. The van der Waals surface area contributed by atoms with Gasteiger partial charge < -0.3 is 34.7 Å². The largest absolute Gasteiger partial charge is 0.348 e. The summed E-state index contributed by atoms with van der Waals surface area (Å²) in [6.07, 6.45) is 1.81. The predicted molar refractivity (Wildman–Crippen MR) is 386 cm³/mol. The van der Waals surface area contributed by atoms with Crippen LogP contribution in [0.3, 0.4) is 0 Å². The molecule has 13 rings (SSSR count). The summed E-state index contributed by atoms with van der Waals surface area (Å²) in [7, 11) is 1.84. The van der Waals surface area contributed by atoms with Gasteiger partial charge in [-0.2, -0.15) is 0 Å². The van der Waals surface area contributed by atoms with E-state index in [4.69, 9.17) is 46.4 Å². The number of nitrogens with zero attached hydrogens (tertiary/aromatic N) is 13. The van der Waals surface area contributed by atoms with Gasteiger partial charge in [0.1, 0.15) is 17.5 Å². The van der Waals surface area contributed by atoms with Gasteiger partial charge in [0.2, 0.25) is 5.91 Å². The van der Waals surface area contributed by atoms with E-state index in [-0.39, 0.29) is 67.9 Å². The molecule has 4 saturated heterocycles. The van der Waals surface area contributed by atoms with Crippen LogP contribution in [0.4, 0.5) is 24.8 Å². The first kappa shape index (κ1) is 75.5. The van der Waals surface area contributed by atoms with Crippen LogP contribution in [0.25, 0.3) is 32.3 Å². The lowest BCUT2D eigenvalue weighted by Crippen LogP contribution is -2.54. The summed E-state index contributed by atoms with van der Waals surface area (Å²) in [5, 5.41) is 31.4. The van der Waals surface area contributed by atoms with E-state index >= 15 is 0 Å². The highest BCUT2D eigenvalue weighted by molar-refractivity contribution is 6.38. The zero-order valence-electron chi connectivity index (χ0n) is 56.5. The van der Waals surface area contributed by atoms with E-state index < -0.39 is 0 Å². The van der Waals surface area contributed by atoms with Crippen molar-refractivity contribution in [2.45, 2.75) is 98.4 Å². The number of benzene rings is 6. The fourth-order valence-electron chi connectivity index (χ4n) is 12.1. The van der Waals surface area contributed by atoms with Crippen molar-refractivity contribution in [1.82, 2.24) is 60.4 Å². The van der Waals surface area contributed by atoms with Gasteiger partial charge in [-0.15, -0.1) is 30.6 Å². The SMILES string of the molecule is CCN(C(C)C)C(C)C.CN1CCCC1=O.C[C@@H]1CN(C(=O)c2ccccc2)CCN1.C[C@@H]1CN(C(=O)c2ccccc2)CCN1c1nnc(Cl)c2cc(F)ccc12.C[C@@H]1CN(C(=O)c2ccccc2)CCN1c1nnc(Cl)c2ccc(F)cc12.Fc1ccc2c(Cl)nnc(Cl)c2c1. The summed E-state index contributed by atoms with van der Waals surface area (Å²) >= 11 is 23.6. The minimum absolute atomic E-state index is 0.00774. The molecular formula is C73H83Cl4F3N14O4. The Morgan fingerprint density at radius 2 is 0.857 bits per heavy atom. The molecule has 4 aliphatic rings. The Kier molecular flexibility index (Phi) is 27.7. The van der Waals surface area contributed by atoms with E-state index in [2.05, 4.69) is 92.2 Å². The van der Waals surface area contributed by atoms with Gasteiger partial charge in [0.05, 0.1) is 0 Å². The van der Waals surface area contributed by atoms with Crippen LogP contribution in [0, 0.1) is 17.5 Å². The smallest absolute Gasteiger partial charge is 0.253 e. The molecule has 98 heavy (non-hydrogen) atoms. The van der Waals surface area contributed by atoms with Gasteiger partial charge in [-0.3, -0.25) is 24.1 Å². The van der Waals surface area contributed by atoms with E-state index in [9.17, 15) is 32.3 Å².